The minimum absolute atomic E-state index is 0.136. The van der Waals surface area contributed by atoms with Gasteiger partial charge >= 0.3 is 6.09 Å². The topological polar surface area (TPSA) is 101 Å². The number of benzene rings is 1. The maximum Gasteiger partial charge on any atom is 0.409 e. The van der Waals surface area contributed by atoms with Gasteiger partial charge in [0.15, 0.2) is 0 Å². The molecule has 0 saturated carbocycles. The van der Waals surface area contributed by atoms with Crippen LogP contribution in [0.25, 0.3) is 0 Å². The first-order chi connectivity index (χ1) is 16.5. The molecule has 0 spiro atoms. The number of amides is 2. The summed E-state index contributed by atoms with van der Waals surface area (Å²) in [7, 11) is 1.36. The summed E-state index contributed by atoms with van der Waals surface area (Å²) in [5.74, 6) is 0.0699. The number of rotatable bonds is 6. The quantitative estimate of drug-likeness (QED) is 0.598. The second kappa shape index (κ2) is 15.9. The normalized spacial score (nSPS) is 13.0. The van der Waals surface area contributed by atoms with Crippen LogP contribution in [0.3, 0.4) is 0 Å². The number of aliphatic hydroxyl groups excluding tert-OH is 1. The van der Waals surface area contributed by atoms with Crippen LogP contribution in [0.1, 0.15) is 62.2 Å². The van der Waals surface area contributed by atoms with Crippen LogP contribution in [0.15, 0.2) is 36.5 Å². The Labute approximate surface area is 207 Å². The van der Waals surface area contributed by atoms with E-state index in [1.807, 2.05) is 39.8 Å². The number of pyridine rings is 1. The largest absolute Gasteiger partial charge is 0.490 e. The van der Waals surface area contributed by atoms with E-state index < -0.39 is 0 Å². The van der Waals surface area contributed by atoms with Gasteiger partial charge in [-0.05, 0) is 17.7 Å². The first-order valence-corrected chi connectivity index (χ1v) is 12.0. The Bertz CT molecular complexity index is 885. The monoisotopic (exact) mass is 493 g/mol. The predicted octanol–water partition coefficient (Wildman–Crippen LogP) is 4.82. The lowest BCUT2D eigenvalue weighted by Gasteiger charge is -2.31. The molecule has 2 aromatic rings. The van der Waals surface area contributed by atoms with E-state index in [1.54, 1.807) is 17.0 Å². The molecule has 3 rings (SSSR count). The molecular formula is C25H36ClN3O5. The summed E-state index contributed by atoms with van der Waals surface area (Å²) >= 11 is 5.87. The van der Waals surface area contributed by atoms with E-state index in [1.165, 1.54) is 19.4 Å². The molecule has 1 saturated heterocycles. The van der Waals surface area contributed by atoms with E-state index >= 15 is 0 Å². The van der Waals surface area contributed by atoms with Gasteiger partial charge in [-0.15, -0.1) is 0 Å². The smallest absolute Gasteiger partial charge is 0.409 e. The zero-order chi connectivity index (χ0) is 25.5. The Kier molecular flexibility index (Phi) is 13.7. The molecule has 1 aliphatic rings. The molecule has 0 bridgehead atoms. The number of hydrogen-bond donors (Lipinski definition) is 2. The second-order valence-corrected chi connectivity index (χ2v) is 7.36. The van der Waals surface area contributed by atoms with Crippen molar-refractivity contribution in [2.45, 2.75) is 59.8 Å². The lowest BCUT2D eigenvalue weighted by molar-refractivity contribution is 0.0777. The van der Waals surface area contributed by atoms with Crippen molar-refractivity contribution in [1.29, 1.82) is 0 Å². The minimum atomic E-state index is -0.354. The number of nitrogens with zero attached hydrogens (tertiary/aromatic N) is 2. The fourth-order valence-electron chi connectivity index (χ4n) is 3.16. The van der Waals surface area contributed by atoms with Crippen molar-refractivity contribution in [1.82, 2.24) is 15.2 Å². The van der Waals surface area contributed by atoms with Gasteiger partial charge in [0.05, 0.1) is 13.7 Å². The number of ether oxygens (including phenoxy) is 2. The molecule has 0 aliphatic carbocycles. The van der Waals surface area contributed by atoms with Crippen LogP contribution in [-0.2, 0) is 17.9 Å². The third kappa shape index (κ3) is 8.83. The molecule has 0 unspecified atom stereocenters. The Morgan fingerprint density at radius 2 is 1.76 bits per heavy atom. The number of aliphatic hydroxyl groups is 1. The fraction of sp³-hybridized carbons (Fsp3) is 0.480. The summed E-state index contributed by atoms with van der Waals surface area (Å²) in [4.78, 5) is 29.9. The summed E-state index contributed by atoms with van der Waals surface area (Å²) in [5.41, 5.74) is 1.61. The lowest BCUT2D eigenvalue weighted by atomic mass is 10.1. The first kappa shape index (κ1) is 29.2. The number of aromatic nitrogens is 1. The van der Waals surface area contributed by atoms with Gasteiger partial charge in [-0.2, -0.15) is 0 Å². The SMILES string of the molecule is CC.CC.COC(=O)N1CCC(Oc2cc(C(=O)NCc3ccc(Cl)cc3)ncc2CO)CC1. The minimum Gasteiger partial charge on any atom is -0.490 e. The van der Waals surface area contributed by atoms with Crippen molar-refractivity contribution in [3.05, 3.63) is 58.4 Å². The molecule has 0 atom stereocenters. The number of carbonyl (C=O) groups is 2. The highest BCUT2D eigenvalue weighted by atomic mass is 35.5. The maximum atomic E-state index is 12.5. The lowest BCUT2D eigenvalue weighted by Crippen LogP contribution is -2.41. The maximum absolute atomic E-state index is 12.5. The molecule has 188 valence electrons. The zero-order valence-electron chi connectivity index (χ0n) is 20.6. The van der Waals surface area contributed by atoms with Crippen LogP contribution >= 0.6 is 11.6 Å². The molecule has 1 aromatic heterocycles. The molecule has 1 fully saturated rings. The van der Waals surface area contributed by atoms with Crippen LogP contribution < -0.4 is 10.1 Å². The van der Waals surface area contributed by atoms with Crippen LogP contribution in [0.4, 0.5) is 4.79 Å². The molecule has 2 amide bonds. The Morgan fingerprint density at radius 3 is 2.32 bits per heavy atom. The molecule has 9 heteroatoms. The summed E-state index contributed by atoms with van der Waals surface area (Å²) in [6.07, 6.45) is 2.20. The number of piperidine rings is 1. The molecule has 2 N–H and O–H groups in total. The van der Waals surface area contributed by atoms with Gasteiger partial charge in [-0.25, -0.2) is 4.79 Å². The standard InChI is InChI=1S/C21H24ClN3O5.2C2H6/c1-29-21(28)25-8-6-17(7-9-25)30-19-10-18(23-12-15(19)13-26)20(27)24-11-14-2-4-16(22)5-3-14;2*1-2/h2-5,10,12,17,26H,6-9,11,13H2,1H3,(H,24,27);2*1-2H3. The van der Waals surface area contributed by atoms with Gasteiger partial charge in [-0.1, -0.05) is 51.4 Å². The fourth-order valence-corrected chi connectivity index (χ4v) is 3.28. The van der Waals surface area contributed by atoms with Crippen molar-refractivity contribution in [3.63, 3.8) is 0 Å². The van der Waals surface area contributed by atoms with Gasteiger partial charge < -0.3 is 24.8 Å². The average Bonchev–Trinajstić information content (AvgIpc) is 2.90. The zero-order valence-corrected chi connectivity index (χ0v) is 21.4. The number of halogens is 1. The molecule has 2 heterocycles. The molecule has 8 nitrogen and oxygen atoms in total. The van der Waals surface area contributed by atoms with Crippen molar-refractivity contribution in [2.75, 3.05) is 20.2 Å². The van der Waals surface area contributed by atoms with Crippen LogP contribution in [0.5, 0.6) is 5.75 Å². The summed E-state index contributed by atoms with van der Waals surface area (Å²) in [6, 6.07) is 8.72. The van der Waals surface area contributed by atoms with E-state index in [9.17, 15) is 14.7 Å². The average molecular weight is 494 g/mol. The highest BCUT2D eigenvalue weighted by molar-refractivity contribution is 6.30. The number of likely N-dealkylation sites (tertiary alicyclic amines) is 1. The van der Waals surface area contributed by atoms with Gasteiger partial charge in [-0.3, -0.25) is 9.78 Å². The third-order valence-corrected chi connectivity index (χ3v) is 5.13. The Morgan fingerprint density at radius 1 is 1.15 bits per heavy atom. The summed E-state index contributed by atoms with van der Waals surface area (Å²) in [6.45, 7) is 9.12. The van der Waals surface area contributed by atoms with E-state index in [-0.39, 0.29) is 30.4 Å². The van der Waals surface area contributed by atoms with E-state index in [0.29, 0.717) is 48.8 Å². The van der Waals surface area contributed by atoms with E-state index in [0.717, 1.165) is 5.56 Å². The Balaban J connectivity index is 0.00000137. The van der Waals surface area contributed by atoms with Gasteiger partial charge in [0.1, 0.15) is 17.5 Å². The van der Waals surface area contributed by atoms with Crippen molar-refractivity contribution < 1.29 is 24.2 Å². The Hall–Kier alpha value is -2.84. The van der Waals surface area contributed by atoms with Crippen molar-refractivity contribution in [3.8, 4) is 5.75 Å². The number of carbonyl (C=O) groups excluding carboxylic acids is 2. The second-order valence-electron chi connectivity index (χ2n) is 6.92. The first-order valence-electron chi connectivity index (χ1n) is 11.6. The summed E-state index contributed by atoms with van der Waals surface area (Å²) < 4.78 is 10.8. The number of nitrogens with one attached hydrogen (secondary N) is 1. The van der Waals surface area contributed by atoms with Crippen molar-refractivity contribution >= 4 is 23.6 Å². The van der Waals surface area contributed by atoms with Crippen LogP contribution in [0, 0.1) is 0 Å². The molecule has 1 aliphatic heterocycles. The molecule has 0 radical (unpaired) electrons. The molecular weight excluding hydrogens is 458 g/mol. The highest BCUT2D eigenvalue weighted by Crippen LogP contribution is 2.24. The van der Waals surface area contributed by atoms with Gasteiger partial charge in [0, 0.05) is 55.3 Å². The van der Waals surface area contributed by atoms with Gasteiger partial charge in [0.2, 0.25) is 0 Å². The predicted molar refractivity (Wildman–Crippen MR) is 133 cm³/mol. The van der Waals surface area contributed by atoms with Crippen LogP contribution in [0.2, 0.25) is 5.02 Å². The highest BCUT2D eigenvalue weighted by Gasteiger charge is 2.25. The number of methoxy groups -OCH3 is 1. The third-order valence-electron chi connectivity index (χ3n) is 4.88. The van der Waals surface area contributed by atoms with Crippen molar-refractivity contribution in [2.24, 2.45) is 0 Å². The molecule has 34 heavy (non-hydrogen) atoms. The molecule has 1 aromatic carbocycles. The van der Waals surface area contributed by atoms with E-state index in [2.05, 4.69) is 10.3 Å². The van der Waals surface area contributed by atoms with E-state index in [4.69, 9.17) is 21.1 Å². The summed E-state index contributed by atoms with van der Waals surface area (Å²) in [5, 5.41) is 13.0. The van der Waals surface area contributed by atoms with Gasteiger partial charge in [0.25, 0.3) is 5.91 Å². The van der Waals surface area contributed by atoms with Crippen LogP contribution in [-0.4, -0.2) is 53.3 Å². The number of hydrogen-bond acceptors (Lipinski definition) is 6.